The minimum absolute atomic E-state index is 0.191. The predicted molar refractivity (Wildman–Crippen MR) is 93.0 cm³/mol. The summed E-state index contributed by atoms with van der Waals surface area (Å²) in [7, 11) is 0. The van der Waals surface area contributed by atoms with Gasteiger partial charge in [0.1, 0.15) is 0 Å². The van der Waals surface area contributed by atoms with Crippen molar-refractivity contribution in [3.8, 4) is 0 Å². The summed E-state index contributed by atoms with van der Waals surface area (Å²) in [5.74, 6) is 0.191. The Hall–Kier alpha value is -1.96. The number of Topliss-reactive ketones (excluding diaryl/α,β-unsaturated/α-hetero) is 1. The predicted octanol–water partition coefficient (Wildman–Crippen LogP) is 5.18. The zero-order valence-electron chi connectivity index (χ0n) is 13.2. The second-order valence-electron chi connectivity index (χ2n) is 6.13. The average molecular weight is 293 g/mol. The second kappa shape index (κ2) is 6.87. The number of rotatable bonds is 4. The van der Waals surface area contributed by atoms with Gasteiger partial charge in [-0.3, -0.25) is 9.79 Å². The third kappa shape index (κ3) is 3.27. The van der Waals surface area contributed by atoms with E-state index < -0.39 is 0 Å². The molecule has 2 aromatic rings. The van der Waals surface area contributed by atoms with E-state index >= 15 is 0 Å². The maximum Gasteiger partial charge on any atom is 0.163 e. The fraction of sp³-hybridized carbons (Fsp3) is 0.400. The number of nitrogens with zero attached hydrogens (tertiary/aromatic N) is 1. The molecule has 0 amide bonds. The van der Waals surface area contributed by atoms with E-state index in [-0.39, 0.29) is 5.78 Å². The molecule has 0 bridgehead atoms. The van der Waals surface area contributed by atoms with Gasteiger partial charge in [0.2, 0.25) is 0 Å². The number of carbonyl (C=O) groups is 1. The standard InChI is InChI=1S/C20H23NO/c1-2-20(22)19-13-16-9-7-6-8-15(16)12-17(19)14-21-18-10-4-3-5-11-18/h6-9,12-14,18H,2-5,10-11H2,1H3. The molecule has 1 fully saturated rings. The van der Waals surface area contributed by atoms with Crippen LogP contribution in [-0.4, -0.2) is 18.0 Å². The van der Waals surface area contributed by atoms with Gasteiger partial charge in [0.25, 0.3) is 0 Å². The molecule has 0 aromatic heterocycles. The molecule has 1 saturated carbocycles. The molecule has 22 heavy (non-hydrogen) atoms. The van der Waals surface area contributed by atoms with Crippen LogP contribution in [0.5, 0.6) is 0 Å². The monoisotopic (exact) mass is 293 g/mol. The van der Waals surface area contributed by atoms with Crippen molar-refractivity contribution in [2.24, 2.45) is 4.99 Å². The highest BCUT2D eigenvalue weighted by atomic mass is 16.1. The summed E-state index contributed by atoms with van der Waals surface area (Å²) < 4.78 is 0. The van der Waals surface area contributed by atoms with Gasteiger partial charge in [0, 0.05) is 29.8 Å². The Balaban J connectivity index is 1.98. The van der Waals surface area contributed by atoms with Gasteiger partial charge in [-0.15, -0.1) is 0 Å². The van der Waals surface area contributed by atoms with Crippen molar-refractivity contribution < 1.29 is 4.79 Å². The van der Waals surface area contributed by atoms with Crippen LogP contribution in [0.2, 0.25) is 0 Å². The van der Waals surface area contributed by atoms with Gasteiger partial charge in [-0.1, -0.05) is 50.5 Å². The van der Waals surface area contributed by atoms with Gasteiger partial charge in [-0.25, -0.2) is 0 Å². The van der Waals surface area contributed by atoms with E-state index in [2.05, 4.69) is 18.2 Å². The second-order valence-corrected chi connectivity index (χ2v) is 6.13. The first-order valence-corrected chi connectivity index (χ1v) is 8.37. The molecule has 0 heterocycles. The number of carbonyl (C=O) groups excluding carboxylic acids is 1. The summed E-state index contributed by atoms with van der Waals surface area (Å²) >= 11 is 0. The van der Waals surface area contributed by atoms with E-state index in [0.29, 0.717) is 12.5 Å². The molecule has 2 nitrogen and oxygen atoms in total. The molecule has 114 valence electrons. The molecule has 0 atom stereocenters. The van der Waals surface area contributed by atoms with Crippen LogP contribution in [0.15, 0.2) is 41.4 Å². The highest BCUT2D eigenvalue weighted by molar-refractivity contribution is 6.07. The topological polar surface area (TPSA) is 29.4 Å². The van der Waals surface area contributed by atoms with Crippen molar-refractivity contribution in [3.63, 3.8) is 0 Å². The molecular formula is C20H23NO. The quantitative estimate of drug-likeness (QED) is 0.564. The third-order valence-corrected chi connectivity index (χ3v) is 4.54. The van der Waals surface area contributed by atoms with Crippen molar-refractivity contribution in [1.29, 1.82) is 0 Å². The van der Waals surface area contributed by atoms with E-state index in [9.17, 15) is 4.79 Å². The Kier molecular flexibility index (Phi) is 4.67. The number of hydrogen-bond acceptors (Lipinski definition) is 2. The Labute approximate surface area is 132 Å². The highest BCUT2D eigenvalue weighted by Gasteiger charge is 2.13. The Morgan fingerprint density at radius 2 is 1.82 bits per heavy atom. The summed E-state index contributed by atoms with van der Waals surface area (Å²) in [5.41, 5.74) is 1.77. The Morgan fingerprint density at radius 3 is 2.50 bits per heavy atom. The van der Waals surface area contributed by atoms with Crippen molar-refractivity contribution in [3.05, 3.63) is 47.5 Å². The minimum Gasteiger partial charge on any atom is -0.294 e. The number of benzene rings is 2. The highest BCUT2D eigenvalue weighted by Crippen LogP contribution is 2.23. The lowest BCUT2D eigenvalue weighted by Crippen LogP contribution is -2.10. The fourth-order valence-electron chi connectivity index (χ4n) is 3.21. The van der Waals surface area contributed by atoms with Crippen molar-refractivity contribution in [2.75, 3.05) is 0 Å². The van der Waals surface area contributed by atoms with E-state index in [4.69, 9.17) is 4.99 Å². The molecular weight excluding hydrogens is 270 g/mol. The molecule has 0 aliphatic heterocycles. The smallest absolute Gasteiger partial charge is 0.163 e. The average Bonchev–Trinajstić information content (AvgIpc) is 2.59. The maximum atomic E-state index is 12.3. The zero-order valence-corrected chi connectivity index (χ0v) is 13.2. The molecule has 0 spiro atoms. The molecule has 2 heteroatoms. The van der Waals surface area contributed by atoms with Crippen LogP contribution in [0, 0.1) is 0 Å². The van der Waals surface area contributed by atoms with Gasteiger partial charge in [0.05, 0.1) is 0 Å². The van der Waals surface area contributed by atoms with Gasteiger partial charge in [-0.2, -0.15) is 0 Å². The SMILES string of the molecule is CCC(=O)c1cc2ccccc2cc1C=NC1CCCCC1. The molecule has 0 N–H and O–H groups in total. The summed E-state index contributed by atoms with van der Waals surface area (Å²) in [4.78, 5) is 17.0. The van der Waals surface area contributed by atoms with E-state index in [1.165, 1.54) is 37.5 Å². The van der Waals surface area contributed by atoms with Crippen LogP contribution in [0.3, 0.4) is 0 Å². The first kappa shape index (κ1) is 15.0. The largest absolute Gasteiger partial charge is 0.294 e. The molecule has 1 aliphatic carbocycles. The summed E-state index contributed by atoms with van der Waals surface area (Å²) in [6.07, 6.45) is 8.72. The molecule has 2 aromatic carbocycles. The molecule has 0 unspecified atom stereocenters. The van der Waals surface area contributed by atoms with Crippen LogP contribution in [0.25, 0.3) is 10.8 Å². The first-order chi connectivity index (χ1) is 10.8. The number of ketones is 1. The van der Waals surface area contributed by atoms with Gasteiger partial charge in [-0.05, 0) is 35.7 Å². The van der Waals surface area contributed by atoms with Crippen LogP contribution in [0.1, 0.15) is 61.4 Å². The molecule has 1 aliphatic rings. The van der Waals surface area contributed by atoms with Crippen molar-refractivity contribution in [2.45, 2.75) is 51.5 Å². The lowest BCUT2D eigenvalue weighted by Gasteiger charge is -2.17. The lowest BCUT2D eigenvalue weighted by molar-refractivity contribution is 0.0988. The van der Waals surface area contributed by atoms with Crippen molar-refractivity contribution in [1.82, 2.24) is 0 Å². The zero-order chi connectivity index (χ0) is 15.4. The summed E-state index contributed by atoms with van der Waals surface area (Å²) in [6.45, 7) is 1.92. The van der Waals surface area contributed by atoms with Gasteiger partial charge >= 0.3 is 0 Å². The van der Waals surface area contributed by atoms with E-state index in [1.807, 2.05) is 31.3 Å². The summed E-state index contributed by atoms with van der Waals surface area (Å²) in [6, 6.07) is 12.7. The lowest BCUT2D eigenvalue weighted by atomic mass is 9.95. The Morgan fingerprint density at radius 1 is 1.14 bits per heavy atom. The van der Waals surface area contributed by atoms with Crippen LogP contribution >= 0.6 is 0 Å². The number of fused-ring (bicyclic) bond motifs is 1. The van der Waals surface area contributed by atoms with E-state index in [1.54, 1.807) is 0 Å². The normalized spacial score (nSPS) is 16.4. The van der Waals surface area contributed by atoms with Crippen LogP contribution in [0.4, 0.5) is 0 Å². The molecule has 3 rings (SSSR count). The Bertz CT molecular complexity index is 696. The summed E-state index contributed by atoms with van der Waals surface area (Å²) in [5, 5.41) is 2.29. The minimum atomic E-state index is 0.191. The van der Waals surface area contributed by atoms with Crippen LogP contribution < -0.4 is 0 Å². The van der Waals surface area contributed by atoms with Gasteiger partial charge in [0.15, 0.2) is 5.78 Å². The van der Waals surface area contributed by atoms with Crippen LogP contribution in [-0.2, 0) is 0 Å². The van der Waals surface area contributed by atoms with Gasteiger partial charge < -0.3 is 0 Å². The fourth-order valence-corrected chi connectivity index (χ4v) is 3.21. The van der Waals surface area contributed by atoms with E-state index in [0.717, 1.165) is 16.5 Å². The molecule has 0 radical (unpaired) electrons. The maximum absolute atomic E-state index is 12.3. The first-order valence-electron chi connectivity index (χ1n) is 8.37. The van der Waals surface area contributed by atoms with Crippen molar-refractivity contribution >= 4 is 22.8 Å². The number of aliphatic imine (C=N–C) groups is 1. The third-order valence-electron chi connectivity index (χ3n) is 4.54. The number of hydrogen-bond donors (Lipinski definition) is 0. The molecule has 0 saturated heterocycles.